The lowest BCUT2D eigenvalue weighted by Crippen LogP contribution is -2.36. The summed E-state index contributed by atoms with van der Waals surface area (Å²) >= 11 is 1.62. The Morgan fingerprint density at radius 3 is 2.86 bits per heavy atom. The topological polar surface area (TPSA) is 34.0 Å². The van der Waals surface area contributed by atoms with Crippen molar-refractivity contribution in [1.82, 2.24) is 19.7 Å². The van der Waals surface area contributed by atoms with Crippen molar-refractivity contribution in [3.8, 4) is 0 Å². The highest BCUT2D eigenvalue weighted by Gasteiger charge is 2.34. The minimum atomic E-state index is -4.38. The standard InChI is InChI=1S/C14H17F3N4S/c1-10-12(22-9-18-10)8-20-5-2-3-11(7-20)21-6-4-13(19-21)14(15,16)17/h4,6,9,11H,2-3,5,7-8H2,1H3/t11-/m0/s1. The number of piperidine rings is 1. The van der Waals surface area contributed by atoms with Crippen LogP contribution in [0.4, 0.5) is 13.2 Å². The fourth-order valence-electron chi connectivity index (χ4n) is 2.76. The Morgan fingerprint density at radius 2 is 2.23 bits per heavy atom. The molecule has 0 N–H and O–H groups in total. The van der Waals surface area contributed by atoms with Gasteiger partial charge >= 0.3 is 6.18 Å². The van der Waals surface area contributed by atoms with Crippen molar-refractivity contribution >= 4 is 11.3 Å². The van der Waals surface area contributed by atoms with E-state index in [1.54, 1.807) is 11.3 Å². The molecule has 1 atom stereocenters. The summed E-state index contributed by atoms with van der Waals surface area (Å²) in [6.07, 6.45) is -1.12. The van der Waals surface area contributed by atoms with Gasteiger partial charge in [-0.3, -0.25) is 9.58 Å². The summed E-state index contributed by atoms with van der Waals surface area (Å²) in [7, 11) is 0. The number of thiazole rings is 1. The number of hydrogen-bond acceptors (Lipinski definition) is 4. The first kappa shape index (κ1) is 15.5. The Hall–Kier alpha value is -1.41. The number of hydrogen-bond donors (Lipinski definition) is 0. The Bertz CT molecular complexity index is 634. The molecule has 1 fully saturated rings. The summed E-state index contributed by atoms with van der Waals surface area (Å²) in [6.45, 7) is 4.47. The Kier molecular flexibility index (Phi) is 4.22. The van der Waals surface area contributed by atoms with Crippen LogP contribution >= 0.6 is 11.3 Å². The molecule has 22 heavy (non-hydrogen) atoms. The predicted octanol–water partition coefficient (Wildman–Crippen LogP) is 3.50. The summed E-state index contributed by atoms with van der Waals surface area (Å²) in [5.41, 5.74) is 2.04. The van der Waals surface area contributed by atoms with Crippen LogP contribution in [-0.2, 0) is 12.7 Å². The van der Waals surface area contributed by atoms with Crippen LogP contribution in [0.25, 0.3) is 0 Å². The summed E-state index contributed by atoms with van der Waals surface area (Å²) < 4.78 is 39.4. The molecule has 0 aromatic carbocycles. The Morgan fingerprint density at radius 1 is 1.41 bits per heavy atom. The SMILES string of the molecule is Cc1ncsc1CN1CCC[C@H](n2ccc(C(F)(F)F)n2)C1. The monoisotopic (exact) mass is 330 g/mol. The normalized spacial score (nSPS) is 20.5. The van der Waals surface area contributed by atoms with Crippen molar-refractivity contribution < 1.29 is 13.2 Å². The Balaban J connectivity index is 1.68. The van der Waals surface area contributed by atoms with Gasteiger partial charge in [0.15, 0.2) is 5.69 Å². The van der Waals surface area contributed by atoms with Gasteiger partial charge in [-0.25, -0.2) is 4.98 Å². The maximum atomic E-state index is 12.6. The molecule has 2 aromatic heterocycles. The lowest BCUT2D eigenvalue weighted by atomic mass is 10.1. The molecule has 0 aliphatic carbocycles. The third kappa shape index (κ3) is 3.33. The van der Waals surface area contributed by atoms with E-state index in [9.17, 15) is 13.2 Å². The van der Waals surface area contributed by atoms with Gasteiger partial charge < -0.3 is 0 Å². The minimum Gasteiger partial charge on any atom is -0.296 e. The molecule has 0 unspecified atom stereocenters. The molecular weight excluding hydrogens is 313 g/mol. The van der Waals surface area contributed by atoms with E-state index < -0.39 is 11.9 Å². The molecule has 0 spiro atoms. The van der Waals surface area contributed by atoms with Gasteiger partial charge in [-0.2, -0.15) is 18.3 Å². The van der Waals surface area contributed by atoms with E-state index >= 15 is 0 Å². The molecule has 1 saturated heterocycles. The zero-order chi connectivity index (χ0) is 15.7. The van der Waals surface area contributed by atoms with Gasteiger partial charge in [-0.05, 0) is 32.4 Å². The number of aryl methyl sites for hydroxylation is 1. The lowest BCUT2D eigenvalue weighted by molar-refractivity contribution is -0.141. The molecule has 120 valence electrons. The van der Waals surface area contributed by atoms with Crippen LogP contribution in [0, 0.1) is 6.92 Å². The Labute approximate surface area is 130 Å². The van der Waals surface area contributed by atoms with Crippen LogP contribution in [0.3, 0.4) is 0 Å². The highest BCUT2D eigenvalue weighted by Crippen LogP contribution is 2.29. The predicted molar refractivity (Wildman–Crippen MR) is 77.6 cm³/mol. The maximum absolute atomic E-state index is 12.6. The molecule has 0 radical (unpaired) electrons. The van der Waals surface area contributed by atoms with Gasteiger partial charge in [0.2, 0.25) is 0 Å². The molecule has 0 bridgehead atoms. The van der Waals surface area contributed by atoms with E-state index in [-0.39, 0.29) is 6.04 Å². The molecule has 1 aliphatic rings. The fraction of sp³-hybridized carbons (Fsp3) is 0.571. The average molecular weight is 330 g/mol. The van der Waals surface area contributed by atoms with Crippen LogP contribution in [-0.4, -0.2) is 32.8 Å². The molecule has 0 saturated carbocycles. The first-order valence-electron chi connectivity index (χ1n) is 7.17. The second-order valence-electron chi connectivity index (χ2n) is 5.57. The van der Waals surface area contributed by atoms with Crippen LogP contribution < -0.4 is 0 Å². The van der Waals surface area contributed by atoms with Crippen LogP contribution in [0.2, 0.25) is 0 Å². The van der Waals surface area contributed by atoms with Gasteiger partial charge in [0.05, 0.1) is 17.2 Å². The number of halogens is 3. The lowest BCUT2D eigenvalue weighted by Gasteiger charge is -2.32. The highest BCUT2D eigenvalue weighted by atomic mass is 32.1. The summed E-state index contributed by atoms with van der Waals surface area (Å²) in [6, 6.07) is 1.05. The van der Waals surface area contributed by atoms with E-state index in [1.165, 1.54) is 15.8 Å². The largest absolute Gasteiger partial charge is 0.435 e. The third-order valence-electron chi connectivity index (χ3n) is 3.97. The minimum absolute atomic E-state index is 0.00178. The molecule has 8 heteroatoms. The number of aromatic nitrogens is 3. The molecule has 3 rings (SSSR count). The van der Waals surface area contributed by atoms with Crippen LogP contribution in [0.5, 0.6) is 0 Å². The summed E-state index contributed by atoms with van der Waals surface area (Å²) in [4.78, 5) is 7.73. The number of nitrogens with zero attached hydrogens (tertiary/aromatic N) is 4. The van der Waals surface area contributed by atoms with Crippen molar-refractivity contribution in [3.63, 3.8) is 0 Å². The molecular formula is C14H17F3N4S. The van der Waals surface area contributed by atoms with Crippen molar-refractivity contribution in [3.05, 3.63) is 34.0 Å². The molecule has 4 nitrogen and oxygen atoms in total. The second kappa shape index (κ2) is 6.00. The number of alkyl halides is 3. The van der Waals surface area contributed by atoms with Crippen molar-refractivity contribution in [1.29, 1.82) is 0 Å². The number of rotatable bonds is 3. The van der Waals surface area contributed by atoms with E-state index in [0.29, 0.717) is 0 Å². The van der Waals surface area contributed by atoms with E-state index in [4.69, 9.17) is 0 Å². The fourth-order valence-corrected chi connectivity index (χ4v) is 3.58. The average Bonchev–Trinajstić information content (AvgIpc) is 3.09. The molecule has 0 amide bonds. The van der Waals surface area contributed by atoms with Gasteiger partial charge in [0, 0.05) is 24.2 Å². The van der Waals surface area contributed by atoms with Crippen molar-refractivity contribution in [2.45, 2.75) is 38.5 Å². The highest BCUT2D eigenvalue weighted by molar-refractivity contribution is 7.09. The summed E-state index contributed by atoms with van der Waals surface area (Å²) in [5.74, 6) is 0. The maximum Gasteiger partial charge on any atom is 0.435 e. The zero-order valence-corrected chi connectivity index (χ0v) is 13.0. The number of likely N-dealkylation sites (tertiary alicyclic amines) is 1. The van der Waals surface area contributed by atoms with Gasteiger partial charge in [0.1, 0.15) is 0 Å². The van der Waals surface area contributed by atoms with Crippen LogP contribution in [0.15, 0.2) is 17.8 Å². The van der Waals surface area contributed by atoms with Crippen molar-refractivity contribution in [2.75, 3.05) is 13.1 Å². The van der Waals surface area contributed by atoms with Gasteiger partial charge in [0.25, 0.3) is 0 Å². The first-order valence-corrected chi connectivity index (χ1v) is 8.05. The van der Waals surface area contributed by atoms with E-state index in [1.807, 2.05) is 12.4 Å². The van der Waals surface area contributed by atoms with Crippen molar-refractivity contribution in [2.24, 2.45) is 0 Å². The van der Waals surface area contributed by atoms with E-state index in [2.05, 4.69) is 15.0 Å². The van der Waals surface area contributed by atoms with Gasteiger partial charge in [-0.1, -0.05) is 0 Å². The molecule has 1 aliphatic heterocycles. The second-order valence-corrected chi connectivity index (χ2v) is 6.51. The third-order valence-corrected chi connectivity index (χ3v) is 4.89. The zero-order valence-electron chi connectivity index (χ0n) is 12.2. The van der Waals surface area contributed by atoms with Gasteiger partial charge in [-0.15, -0.1) is 11.3 Å². The molecule has 3 heterocycles. The van der Waals surface area contributed by atoms with E-state index in [0.717, 1.165) is 44.2 Å². The smallest absolute Gasteiger partial charge is 0.296 e. The van der Waals surface area contributed by atoms with Crippen LogP contribution in [0.1, 0.15) is 35.1 Å². The quantitative estimate of drug-likeness (QED) is 0.864. The first-order chi connectivity index (χ1) is 10.4. The summed E-state index contributed by atoms with van der Waals surface area (Å²) in [5, 5.41) is 3.71. The molecule has 2 aromatic rings.